The molecule has 2 atom stereocenters. The Morgan fingerprint density at radius 1 is 0.903 bits per heavy atom. The topological polar surface area (TPSA) is 66.4 Å². The maximum atomic E-state index is 13.1. The molecule has 4 nitrogen and oxygen atoms in total. The van der Waals surface area contributed by atoms with Crippen molar-refractivity contribution in [1.29, 1.82) is 0 Å². The minimum atomic E-state index is -4.66. The maximum Gasteiger partial charge on any atom is 0.416 e. The van der Waals surface area contributed by atoms with Gasteiger partial charge in [-0.2, -0.15) is 26.3 Å². The number of rotatable bonds is 7. The molecule has 168 valence electrons. The minimum absolute atomic E-state index is 0.00531. The standard InChI is InChI=1S/C21H19F6NO3/c1-12(29)28-10-9-17(14-3-2-4-16(11-14)21(25,26)27)18(19(30)31)13-5-7-15(8-6-13)20(22,23)24/h2-8,11,17-18H,9-10H2,1H3,(H,28,29)(H,30,31). The second-order valence-electron chi connectivity index (χ2n) is 6.94. The third-order valence-electron chi connectivity index (χ3n) is 4.74. The average molecular weight is 447 g/mol. The molecule has 31 heavy (non-hydrogen) atoms. The Morgan fingerprint density at radius 3 is 1.97 bits per heavy atom. The van der Waals surface area contributed by atoms with Gasteiger partial charge in [0.05, 0.1) is 17.0 Å². The second kappa shape index (κ2) is 9.40. The lowest BCUT2D eigenvalue weighted by Gasteiger charge is -2.26. The molecular weight excluding hydrogens is 428 g/mol. The number of carboxylic acids is 1. The summed E-state index contributed by atoms with van der Waals surface area (Å²) < 4.78 is 78.0. The molecule has 0 aliphatic rings. The van der Waals surface area contributed by atoms with Crippen LogP contribution < -0.4 is 5.32 Å². The zero-order chi connectivity index (χ0) is 23.4. The smallest absolute Gasteiger partial charge is 0.416 e. The van der Waals surface area contributed by atoms with Gasteiger partial charge >= 0.3 is 18.3 Å². The van der Waals surface area contributed by atoms with Crippen molar-refractivity contribution < 1.29 is 41.0 Å². The number of aliphatic carboxylic acids is 1. The van der Waals surface area contributed by atoms with E-state index in [1.165, 1.54) is 13.0 Å². The summed E-state index contributed by atoms with van der Waals surface area (Å²) in [5.74, 6) is -4.29. The molecule has 2 unspecified atom stereocenters. The molecule has 0 aliphatic carbocycles. The Balaban J connectivity index is 2.51. The fourth-order valence-corrected chi connectivity index (χ4v) is 3.30. The Morgan fingerprint density at radius 2 is 1.48 bits per heavy atom. The van der Waals surface area contributed by atoms with E-state index in [2.05, 4.69) is 5.32 Å². The number of nitrogens with one attached hydrogen (secondary N) is 1. The summed E-state index contributed by atoms with van der Waals surface area (Å²) in [7, 11) is 0. The van der Waals surface area contributed by atoms with Crippen molar-refractivity contribution in [3.63, 3.8) is 0 Å². The van der Waals surface area contributed by atoms with Crippen LogP contribution in [-0.2, 0) is 21.9 Å². The molecule has 0 aromatic heterocycles. The van der Waals surface area contributed by atoms with Crippen LogP contribution >= 0.6 is 0 Å². The van der Waals surface area contributed by atoms with Crippen molar-refractivity contribution in [1.82, 2.24) is 5.32 Å². The van der Waals surface area contributed by atoms with Crippen LogP contribution in [0.1, 0.15) is 47.4 Å². The summed E-state index contributed by atoms with van der Waals surface area (Å²) in [5, 5.41) is 12.3. The van der Waals surface area contributed by atoms with Gasteiger partial charge in [-0.15, -0.1) is 0 Å². The lowest BCUT2D eigenvalue weighted by molar-refractivity contribution is -0.139. The SMILES string of the molecule is CC(=O)NCCC(c1cccc(C(F)(F)F)c1)C(C(=O)O)c1ccc(C(F)(F)F)cc1. The molecule has 0 radical (unpaired) electrons. The summed E-state index contributed by atoms with van der Waals surface area (Å²) in [6.45, 7) is 1.20. The number of halogens is 6. The lowest BCUT2D eigenvalue weighted by Crippen LogP contribution is -2.27. The first-order valence-electron chi connectivity index (χ1n) is 9.12. The van der Waals surface area contributed by atoms with E-state index < -0.39 is 47.2 Å². The first-order chi connectivity index (χ1) is 14.3. The van der Waals surface area contributed by atoms with Crippen molar-refractivity contribution in [3.8, 4) is 0 Å². The van der Waals surface area contributed by atoms with E-state index in [0.717, 1.165) is 42.5 Å². The maximum absolute atomic E-state index is 13.1. The molecule has 2 aromatic carbocycles. The third kappa shape index (κ3) is 6.47. The van der Waals surface area contributed by atoms with Gasteiger partial charge in [-0.05, 0) is 35.7 Å². The number of alkyl halides is 6. The van der Waals surface area contributed by atoms with Crippen LogP contribution in [0.15, 0.2) is 48.5 Å². The first-order valence-corrected chi connectivity index (χ1v) is 9.12. The molecule has 2 rings (SSSR count). The predicted molar refractivity (Wildman–Crippen MR) is 99.3 cm³/mol. The van der Waals surface area contributed by atoms with Gasteiger partial charge in [0.2, 0.25) is 5.91 Å². The molecule has 1 amide bonds. The van der Waals surface area contributed by atoms with E-state index in [4.69, 9.17) is 0 Å². The zero-order valence-electron chi connectivity index (χ0n) is 16.2. The summed E-state index contributed by atoms with van der Waals surface area (Å²) in [5.41, 5.74) is -1.90. The molecule has 0 saturated heterocycles. The number of benzene rings is 2. The van der Waals surface area contributed by atoms with Crippen molar-refractivity contribution in [3.05, 3.63) is 70.8 Å². The van der Waals surface area contributed by atoms with Gasteiger partial charge in [-0.25, -0.2) is 0 Å². The Labute approximate surface area is 173 Å². The summed E-state index contributed by atoms with van der Waals surface area (Å²) in [6.07, 6.45) is -9.33. The Bertz CT molecular complexity index is 922. The van der Waals surface area contributed by atoms with Gasteiger partial charge in [-0.1, -0.05) is 30.3 Å². The largest absolute Gasteiger partial charge is 0.481 e. The lowest BCUT2D eigenvalue weighted by atomic mass is 9.78. The van der Waals surface area contributed by atoms with Crippen LogP contribution in [0.4, 0.5) is 26.3 Å². The highest BCUT2D eigenvalue weighted by Gasteiger charge is 2.35. The number of amides is 1. The highest BCUT2D eigenvalue weighted by molar-refractivity contribution is 5.78. The van der Waals surface area contributed by atoms with Crippen molar-refractivity contribution >= 4 is 11.9 Å². The molecule has 0 aliphatic heterocycles. The fraction of sp³-hybridized carbons (Fsp3) is 0.333. The molecule has 0 fully saturated rings. The van der Waals surface area contributed by atoms with Crippen LogP contribution in [0.25, 0.3) is 0 Å². The van der Waals surface area contributed by atoms with Crippen molar-refractivity contribution in [2.45, 2.75) is 37.5 Å². The van der Waals surface area contributed by atoms with E-state index in [1.807, 2.05) is 0 Å². The van der Waals surface area contributed by atoms with E-state index in [9.17, 15) is 41.0 Å². The fourth-order valence-electron chi connectivity index (χ4n) is 3.30. The van der Waals surface area contributed by atoms with Crippen LogP contribution in [0, 0.1) is 0 Å². The van der Waals surface area contributed by atoms with E-state index >= 15 is 0 Å². The Kier molecular flexibility index (Phi) is 7.35. The molecule has 2 aromatic rings. The molecular formula is C21H19F6NO3. The summed E-state index contributed by atoms with van der Waals surface area (Å²) >= 11 is 0. The number of carbonyl (C=O) groups excluding carboxylic acids is 1. The van der Waals surface area contributed by atoms with Gasteiger partial charge in [0.25, 0.3) is 0 Å². The summed E-state index contributed by atoms with van der Waals surface area (Å²) in [6, 6.07) is 7.56. The Hall–Kier alpha value is -3.04. The van der Waals surface area contributed by atoms with Crippen molar-refractivity contribution in [2.75, 3.05) is 6.54 Å². The van der Waals surface area contributed by atoms with Crippen LogP contribution in [-0.4, -0.2) is 23.5 Å². The van der Waals surface area contributed by atoms with Crippen LogP contribution in [0.2, 0.25) is 0 Å². The molecule has 10 heteroatoms. The third-order valence-corrected chi connectivity index (χ3v) is 4.74. The normalized spacial score (nSPS) is 14.0. The molecule has 0 bridgehead atoms. The number of hydrogen-bond acceptors (Lipinski definition) is 2. The monoisotopic (exact) mass is 447 g/mol. The van der Waals surface area contributed by atoms with Gasteiger partial charge < -0.3 is 10.4 Å². The van der Waals surface area contributed by atoms with Crippen LogP contribution in [0.3, 0.4) is 0 Å². The molecule has 0 saturated carbocycles. The quantitative estimate of drug-likeness (QED) is 0.574. The molecule has 0 spiro atoms. The highest BCUT2D eigenvalue weighted by atomic mass is 19.4. The minimum Gasteiger partial charge on any atom is -0.481 e. The first kappa shape index (κ1) is 24.2. The second-order valence-corrected chi connectivity index (χ2v) is 6.94. The average Bonchev–Trinajstić information content (AvgIpc) is 2.65. The highest BCUT2D eigenvalue weighted by Crippen LogP contribution is 2.39. The predicted octanol–water partition coefficient (Wildman–Crippen LogP) is 5.20. The van der Waals surface area contributed by atoms with E-state index in [-0.39, 0.29) is 24.1 Å². The van der Waals surface area contributed by atoms with Crippen LogP contribution in [0.5, 0.6) is 0 Å². The van der Waals surface area contributed by atoms with Gasteiger partial charge in [0.15, 0.2) is 0 Å². The van der Waals surface area contributed by atoms with Crippen molar-refractivity contribution in [2.24, 2.45) is 0 Å². The van der Waals surface area contributed by atoms with E-state index in [1.54, 1.807) is 0 Å². The number of carboxylic acid groups (broad SMARTS) is 1. The van der Waals surface area contributed by atoms with Gasteiger partial charge in [0, 0.05) is 19.4 Å². The number of carbonyl (C=O) groups is 2. The summed E-state index contributed by atoms with van der Waals surface area (Å²) in [4.78, 5) is 23.2. The molecule has 0 heterocycles. The zero-order valence-corrected chi connectivity index (χ0v) is 16.2. The van der Waals surface area contributed by atoms with Gasteiger partial charge in [-0.3, -0.25) is 9.59 Å². The molecule has 2 N–H and O–H groups in total. The number of hydrogen-bond donors (Lipinski definition) is 2. The van der Waals surface area contributed by atoms with E-state index in [0.29, 0.717) is 0 Å². The van der Waals surface area contributed by atoms with Gasteiger partial charge in [0.1, 0.15) is 0 Å².